The number of nitrogens with one attached hydrogen (secondary N) is 2. The summed E-state index contributed by atoms with van der Waals surface area (Å²) in [4.78, 5) is 26.8. The van der Waals surface area contributed by atoms with Crippen LogP contribution in [-0.4, -0.2) is 56.1 Å². The summed E-state index contributed by atoms with van der Waals surface area (Å²) in [6, 6.07) is 14.0. The SMILES string of the molecule is COCCCNC(=O)C[C@H]1C(=O)NCCN1Cc1cccc2ccccc12. The number of carbonyl (C=O) groups excluding carboxylic acids is 2. The maximum atomic E-state index is 12.4. The van der Waals surface area contributed by atoms with Gasteiger partial charge in [-0.05, 0) is 22.8 Å². The molecule has 1 saturated heterocycles. The van der Waals surface area contributed by atoms with Gasteiger partial charge in [0.1, 0.15) is 0 Å². The second-order valence-electron chi connectivity index (χ2n) is 6.82. The topological polar surface area (TPSA) is 70.7 Å². The van der Waals surface area contributed by atoms with E-state index >= 15 is 0 Å². The summed E-state index contributed by atoms with van der Waals surface area (Å²) in [5.41, 5.74) is 1.17. The standard InChI is InChI=1S/C21H27N3O3/c1-27-13-5-10-22-20(25)14-19-21(26)23-11-12-24(19)15-17-8-4-7-16-6-2-3-9-18(16)17/h2-4,6-9,19H,5,10-15H2,1H3,(H,22,25)(H,23,26)/t19-/m0/s1. The molecular formula is C21H27N3O3. The van der Waals surface area contributed by atoms with E-state index in [0.29, 0.717) is 26.2 Å². The van der Waals surface area contributed by atoms with Crippen LogP contribution in [0.25, 0.3) is 10.8 Å². The van der Waals surface area contributed by atoms with Gasteiger partial charge in [-0.2, -0.15) is 0 Å². The van der Waals surface area contributed by atoms with E-state index in [0.717, 1.165) is 13.0 Å². The molecule has 0 aromatic heterocycles. The molecule has 27 heavy (non-hydrogen) atoms. The minimum Gasteiger partial charge on any atom is -0.385 e. The van der Waals surface area contributed by atoms with Crippen molar-refractivity contribution in [1.29, 1.82) is 0 Å². The molecule has 1 aliphatic heterocycles. The monoisotopic (exact) mass is 369 g/mol. The third-order valence-electron chi connectivity index (χ3n) is 4.92. The molecule has 0 saturated carbocycles. The highest BCUT2D eigenvalue weighted by atomic mass is 16.5. The Labute approximate surface area is 159 Å². The van der Waals surface area contributed by atoms with Crippen LogP contribution in [0.1, 0.15) is 18.4 Å². The number of carbonyl (C=O) groups is 2. The van der Waals surface area contributed by atoms with E-state index in [4.69, 9.17) is 4.74 Å². The van der Waals surface area contributed by atoms with Gasteiger partial charge in [0.05, 0.1) is 12.5 Å². The summed E-state index contributed by atoms with van der Waals surface area (Å²) in [5, 5.41) is 8.13. The molecule has 0 unspecified atom stereocenters. The Balaban J connectivity index is 1.68. The molecule has 144 valence electrons. The maximum absolute atomic E-state index is 12.4. The number of hydrogen-bond donors (Lipinski definition) is 2. The minimum atomic E-state index is -0.444. The Bertz CT molecular complexity index is 788. The first-order valence-corrected chi connectivity index (χ1v) is 9.43. The molecule has 2 aromatic rings. The van der Waals surface area contributed by atoms with Crippen molar-refractivity contribution in [2.75, 3.05) is 33.4 Å². The molecule has 0 radical (unpaired) electrons. The van der Waals surface area contributed by atoms with Gasteiger partial charge in [0.15, 0.2) is 0 Å². The molecule has 0 bridgehead atoms. The molecule has 2 N–H and O–H groups in total. The van der Waals surface area contributed by atoms with Crippen LogP contribution in [0.4, 0.5) is 0 Å². The number of methoxy groups -OCH3 is 1. The molecule has 6 heteroatoms. The first-order valence-electron chi connectivity index (χ1n) is 9.43. The highest BCUT2D eigenvalue weighted by Crippen LogP contribution is 2.22. The minimum absolute atomic E-state index is 0.0754. The fraction of sp³-hybridized carbons (Fsp3) is 0.429. The maximum Gasteiger partial charge on any atom is 0.237 e. The van der Waals surface area contributed by atoms with Gasteiger partial charge in [-0.1, -0.05) is 42.5 Å². The Hall–Kier alpha value is -2.44. The number of hydrogen-bond acceptors (Lipinski definition) is 4. The molecule has 1 fully saturated rings. The fourth-order valence-electron chi connectivity index (χ4n) is 3.51. The number of nitrogens with zero attached hydrogens (tertiary/aromatic N) is 1. The Morgan fingerprint density at radius 2 is 2.07 bits per heavy atom. The first kappa shape index (κ1) is 19.3. The third kappa shape index (κ3) is 5.05. The third-order valence-corrected chi connectivity index (χ3v) is 4.92. The summed E-state index contributed by atoms with van der Waals surface area (Å²) in [6.07, 6.45) is 0.933. The second-order valence-corrected chi connectivity index (χ2v) is 6.82. The molecule has 1 aliphatic rings. The molecule has 2 amide bonds. The van der Waals surface area contributed by atoms with Gasteiger partial charge >= 0.3 is 0 Å². The van der Waals surface area contributed by atoms with Crippen LogP contribution in [0.15, 0.2) is 42.5 Å². The number of benzene rings is 2. The highest BCUT2D eigenvalue weighted by Gasteiger charge is 2.31. The smallest absolute Gasteiger partial charge is 0.237 e. The highest BCUT2D eigenvalue weighted by molar-refractivity contribution is 5.89. The van der Waals surface area contributed by atoms with Crippen molar-refractivity contribution >= 4 is 22.6 Å². The van der Waals surface area contributed by atoms with Crippen LogP contribution in [0.3, 0.4) is 0 Å². The normalized spacial score (nSPS) is 17.7. The predicted molar refractivity (Wildman–Crippen MR) is 105 cm³/mol. The largest absolute Gasteiger partial charge is 0.385 e. The summed E-state index contributed by atoms with van der Waals surface area (Å²) < 4.78 is 4.99. The van der Waals surface area contributed by atoms with E-state index < -0.39 is 6.04 Å². The van der Waals surface area contributed by atoms with E-state index in [-0.39, 0.29) is 18.2 Å². The lowest BCUT2D eigenvalue weighted by Crippen LogP contribution is -2.56. The number of ether oxygens (including phenoxy) is 1. The molecule has 2 aromatic carbocycles. The average molecular weight is 369 g/mol. The number of piperazine rings is 1. The molecule has 0 aliphatic carbocycles. The fourth-order valence-corrected chi connectivity index (χ4v) is 3.51. The van der Waals surface area contributed by atoms with E-state index in [2.05, 4.69) is 39.8 Å². The van der Waals surface area contributed by atoms with Crippen molar-refractivity contribution < 1.29 is 14.3 Å². The van der Waals surface area contributed by atoms with Crippen molar-refractivity contribution in [3.05, 3.63) is 48.0 Å². The van der Waals surface area contributed by atoms with Crippen LogP contribution in [0.2, 0.25) is 0 Å². The molecule has 3 rings (SSSR count). The molecule has 0 spiro atoms. The van der Waals surface area contributed by atoms with E-state index in [9.17, 15) is 9.59 Å². The first-order chi connectivity index (χ1) is 13.2. The van der Waals surface area contributed by atoms with Gasteiger partial charge in [-0.3, -0.25) is 14.5 Å². The van der Waals surface area contributed by atoms with Crippen LogP contribution in [-0.2, 0) is 20.9 Å². The Morgan fingerprint density at radius 3 is 2.93 bits per heavy atom. The van der Waals surface area contributed by atoms with Crippen molar-refractivity contribution in [3.8, 4) is 0 Å². The van der Waals surface area contributed by atoms with Crippen molar-refractivity contribution in [2.24, 2.45) is 0 Å². The van der Waals surface area contributed by atoms with Gasteiger partial charge in [0.25, 0.3) is 0 Å². The average Bonchev–Trinajstić information content (AvgIpc) is 2.68. The van der Waals surface area contributed by atoms with Crippen molar-refractivity contribution in [3.63, 3.8) is 0 Å². The molecule has 1 heterocycles. The van der Waals surface area contributed by atoms with Crippen LogP contribution in [0.5, 0.6) is 0 Å². The summed E-state index contributed by atoms with van der Waals surface area (Å²) in [6.45, 7) is 3.16. The van der Waals surface area contributed by atoms with E-state index in [1.807, 2.05) is 18.2 Å². The summed E-state index contributed by atoms with van der Waals surface area (Å²) >= 11 is 0. The number of fused-ring (bicyclic) bond motifs is 1. The van der Waals surface area contributed by atoms with Crippen LogP contribution < -0.4 is 10.6 Å². The second kappa shape index (κ2) is 9.48. The van der Waals surface area contributed by atoms with Gasteiger partial charge in [-0.25, -0.2) is 0 Å². The van der Waals surface area contributed by atoms with Crippen LogP contribution in [0, 0.1) is 0 Å². The van der Waals surface area contributed by atoms with Gasteiger partial charge in [-0.15, -0.1) is 0 Å². The molecule has 6 nitrogen and oxygen atoms in total. The Morgan fingerprint density at radius 1 is 1.26 bits per heavy atom. The zero-order valence-electron chi connectivity index (χ0n) is 15.7. The lowest BCUT2D eigenvalue weighted by Gasteiger charge is -2.35. The van der Waals surface area contributed by atoms with E-state index in [1.54, 1.807) is 7.11 Å². The zero-order chi connectivity index (χ0) is 19.1. The summed E-state index contributed by atoms with van der Waals surface area (Å²) in [5.74, 6) is -0.176. The quantitative estimate of drug-likeness (QED) is 0.695. The molecular weight excluding hydrogens is 342 g/mol. The number of rotatable bonds is 8. The Kier molecular flexibility index (Phi) is 6.79. The summed E-state index contributed by atoms with van der Waals surface area (Å²) in [7, 11) is 1.64. The lowest BCUT2D eigenvalue weighted by molar-refractivity contribution is -0.134. The van der Waals surface area contributed by atoms with Gasteiger partial charge in [0.2, 0.25) is 11.8 Å². The van der Waals surface area contributed by atoms with Gasteiger partial charge in [0, 0.05) is 39.9 Å². The predicted octanol–water partition coefficient (Wildman–Crippen LogP) is 1.68. The lowest BCUT2D eigenvalue weighted by atomic mass is 10.0. The van der Waals surface area contributed by atoms with E-state index in [1.165, 1.54) is 16.3 Å². The molecule has 1 atom stereocenters. The van der Waals surface area contributed by atoms with Crippen molar-refractivity contribution in [1.82, 2.24) is 15.5 Å². The van der Waals surface area contributed by atoms with Crippen molar-refractivity contribution in [2.45, 2.75) is 25.4 Å². The zero-order valence-corrected chi connectivity index (χ0v) is 15.7. The van der Waals surface area contributed by atoms with Gasteiger partial charge < -0.3 is 15.4 Å². The number of amides is 2. The van der Waals surface area contributed by atoms with Crippen LogP contribution >= 0.6 is 0 Å².